The summed E-state index contributed by atoms with van der Waals surface area (Å²) in [7, 11) is 0. The van der Waals surface area contributed by atoms with Gasteiger partial charge in [-0.1, -0.05) is 24.3 Å². The molecule has 1 atom stereocenters. The van der Waals surface area contributed by atoms with Crippen molar-refractivity contribution in [2.45, 2.75) is 32.1 Å². The molecule has 0 radical (unpaired) electrons. The monoisotopic (exact) mass is 254 g/mol. The van der Waals surface area contributed by atoms with Gasteiger partial charge in [0.2, 0.25) is 0 Å². The average molecular weight is 254 g/mol. The molecule has 0 saturated heterocycles. The molecule has 1 aromatic rings. The summed E-state index contributed by atoms with van der Waals surface area (Å²) in [6.07, 6.45) is 3.44. The molecule has 0 spiro atoms. The molecule has 2 rings (SSSR count). The van der Waals surface area contributed by atoms with E-state index < -0.39 is 5.97 Å². The van der Waals surface area contributed by atoms with E-state index in [2.05, 4.69) is 0 Å². The molecule has 1 unspecified atom stereocenters. The van der Waals surface area contributed by atoms with Gasteiger partial charge >= 0.3 is 29.6 Å². The van der Waals surface area contributed by atoms with Crippen LogP contribution in [0.3, 0.4) is 0 Å². The van der Waals surface area contributed by atoms with E-state index in [1.165, 1.54) is 0 Å². The summed E-state index contributed by atoms with van der Waals surface area (Å²) in [4.78, 5) is 21.9. The largest absolute Gasteiger partial charge is 1.00 e. The fraction of sp³-hybridized carbons (Fsp3) is 0.429. The van der Waals surface area contributed by atoms with Crippen LogP contribution in [0.15, 0.2) is 24.3 Å². The van der Waals surface area contributed by atoms with Crippen LogP contribution >= 0.6 is 0 Å². The average Bonchev–Trinajstić information content (AvgIpc) is 2.67. The second-order valence-electron chi connectivity index (χ2n) is 4.62. The molecule has 1 fully saturated rings. The third-order valence-corrected chi connectivity index (χ3v) is 3.28. The van der Waals surface area contributed by atoms with Crippen LogP contribution in [0.2, 0.25) is 0 Å². The van der Waals surface area contributed by atoms with E-state index in [0.29, 0.717) is 12.2 Å². The molecule has 0 bridgehead atoms. The zero-order valence-corrected chi connectivity index (χ0v) is 12.6. The first-order valence-corrected chi connectivity index (χ1v) is 5.95. The third-order valence-electron chi connectivity index (χ3n) is 3.28. The van der Waals surface area contributed by atoms with Gasteiger partial charge < -0.3 is 9.90 Å². The van der Waals surface area contributed by atoms with Crippen molar-refractivity contribution in [3.05, 3.63) is 35.4 Å². The molecule has 0 aliphatic heterocycles. The molecule has 1 aromatic carbocycles. The van der Waals surface area contributed by atoms with Gasteiger partial charge in [-0.15, -0.1) is 0 Å². The van der Waals surface area contributed by atoms with E-state index in [9.17, 15) is 14.7 Å². The molecule has 0 heterocycles. The van der Waals surface area contributed by atoms with E-state index >= 15 is 0 Å². The summed E-state index contributed by atoms with van der Waals surface area (Å²) in [5.41, 5.74) is 1.85. The Kier molecular flexibility index (Phi) is 6.06. The number of ketones is 1. The normalized spacial score (nSPS) is 18.4. The SMILES string of the molecule is O=C([O-])Cc1ccc(CC2CCCC2=O)cc1.[Na+]. The van der Waals surface area contributed by atoms with Crippen LogP contribution in [0.25, 0.3) is 0 Å². The molecule has 18 heavy (non-hydrogen) atoms. The van der Waals surface area contributed by atoms with Gasteiger partial charge in [-0.05, 0) is 30.4 Å². The summed E-state index contributed by atoms with van der Waals surface area (Å²) < 4.78 is 0. The van der Waals surface area contributed by atoms with E-state index in [1.807, 2.05) is 12.1 Å². The first-order valence-electron chi connectivity index (χ1n) is 5.95. The van der Waals surface area contributed by atoms with Crippen LogP contribution in [-0.2, 0) is 22.4 Å². The standard InChI is InChI=1S/C14H16O3.Na/c15-13-3-1-2-12(13)8-10-4-6-11(7-5-10)9-14(16)17;/h4-7,12H,1-3,8-9H2,(H,16,17);/q;+1/p-1. The number of Topliss-reactive ketones (excluding diaryl/α,β-unsaturated/α-hetero) is 1. The maximum absolute atomic E-state index is 11.5. The molecular weight excluding hydrogens is 239 g/mol. The fourth-order valence-electron chi connectivity index (χ4n) is 2.35. The summed E-state index contributed by atoms with van der Waals surface area (Å²) in [5.74, 6) is -0.533. The minimum absolute atomic E-state index is 0. The zero-order chi connectivity index (χ0) is 12.3. The molecule has 0 amide bonds. The molecule has 1 aliphatic carbocycles. The zero-order valence-electron chi connectivity index (χ0n) is 10.6. The predicted octanol–water partition coefficient (Wildman–Crippen LogP) is -2.11. The van der Waals surface area contributed by atoms with Gasteiger partial charge in [-0.3, -0.25) is 4.79 Å². The van der Waals surface area contributed by atoms with E-state index in [0.717, 1.165) is 30.4 Å². The topological polar surface area (TPSA) is 57.2 Å². The van der Waals surface area contributed by atoms with Gasteiger partial charge in [0.25, 0.3) is 0 Å². The van der Waals surface area contributed by atoms with Crippen LogP contribution in [0.5, 0.6) is 0 Å². The van der Waals surface area contributed by atoms with E-state index in [-0.39, 0.29) is 41.9 Å². The summed E-state index contributed by atoms with van der Waals surface area (Å²) in [6.45, 7) is 0. The predicted molar refractivity (Wildman–Crippen MR) is 61.2 cm³/mol. The Morgan fingerprint density at radius 2 is 1.83 bits per heavy atom. The summed E-state index contributed by atoms with van der Waals surface area (Å²) >= 11 is 0. The number of hydrogen-bond donors (Lipinski definition) is 0. The maximum Gasteiger partial charge on any atom is 1.00 e. The van der Waals surface area contributed by atoms with Crippen molar-refractivity contribution in [1.29, 1.82) is 0 Å². The molecule has 90 valence electrons. The van der Waals surface area contributed by atoms with Gasteiger partial charge in [0.05, 0.1) is 0 Å². The molecule has 1 aliphatic rings. The number of benzene rings is 1. The first-order chi connectivity index (χ1) is 8.15. The van der Waals surface area contributed by atoms with Gasteiger partial charge in [-0.25, -0.2) is 0 Å². The number of aliphatic carboxylic acids is 1. The molecular formula is C14H15NaO3. The number of carboxylic acids is 1. The van der Waals surface area contributed by atoms with E-state index in [1.54, 1.807) is 12.1 Å². The Balaban J connectivity index is 0.00000162. The van der Waals surface area contributed by atoms with Crippen LogP contribution in [0.4, 0.5) is 0 Å². The van der Waals surface area contributed by atoms with Gasteiger partial charge in [0.15, 0.2) is 0 Å². The molecule has 1 saturated carbocycles. The number of rotatable bonds is 4. The van der Waals surface area contributed by atoms with Crippen molar-refractivity contribution >= 4 is 11.8 Å². The molecule has 4 heteroatoms. The molecule has 0 N–H and O–H groups in total. The van der Waals surface area contributed by atoms with Crippen LogP contribution in [-0.4, -0.2) is 11.8 Å². The Bertz CT molecular complexity index is 425. The minimum Gasteiger partial charge on any atom is -0.550 e. The Morgan fingerprint density at radius 1 is 1.22 bits per heavy atom. The van der Waals surface area contributed by atoms with E-state index in [4.69, 9.17) is 0 Å². The van der Waals surface area contributed by atoms with Crippen LogP contribution in [0, 0.1) is 5.92 Å². The summed E-state index contributed by atoms with van der Waals surface area (Å²) in [5, 5.41) is 10.4. The van der Waals surface area contributed by atoms with Crippen molar-refractivity contribution in [2.24, 2.45) is 5.92 Å². The number of carbonyl (C=O) groups is 2. The smallest absolute Gasteiger partial charge is 0.550 e. The first kappa shape index (κ1) is 15.4. The second kappa shape index (κ2) is 7.07. The van der Waals surface area contributed by atoms with Crippen molar-refractivity contribution < 1.29 is 44.3 Å². The van der Waals surface area contributed by atoms with Crippen molar-refractivity contribution in [2.75, 3.05) is 0 Å². The second-order valence-corrected chi connectivity index (χ2v) is 4.62. The molecule has 3 nitrogen and oxygen atoms in total. The Morgan fingerprint density at radius 3 is 2.33 bits per heavy atom. The van der Waals surface area contributed by atoms with Gasteiger partial charge in [0.1, 0.15) is 5.78 Å². The number of carbonyl (C=O) groups excluding carboxylic acids is 2. The Labute approximate surface area is 129 Å². The fourth-order valence-corrected chi connectivity index (χ4v) is 2.35. The molecule has 0 aromatic heterocycles. The van der Waals surface area contributed by atoms with Gasteiger partial charge in [0, 0.05) is 24.7 Å². The van der Waals surface area contributed by atoms with Crippen molar-refractivity contribution in [3.8, 4) is 0 Å². The van der Waals surface area contributed by atoms with Crippen LogP contribution < -0.4 is 34.7 Å². The Hall–Kier alpha value is -0.640. The van der Waals surface area contributed by atoms with Crippen molar-refractivity contribution in [1.82, 2.24) is 0 Å². The summed E-state index contributed by atoms with van der Waals surface area (Å²) in [6, 6.07) is 7.41. The van der Waals surface area contributed by atoms with Gasteiger partial charge in [-0.2, -0.15) is 0 Å². The maximum atomic E-state index is 11.5. The van der Waals surface area contributed by atoms with Crippen molar-refractivity contribution in [3.63, 3.8) is 0 Å². The number of hydrogen-bond acceptors (Lipinski definition) is 3. The quantitative estimate of drug-likeness (QED) is 0.578. The minimum atomic E-state index is -1.07. The number of carboxylic acid groups (broad SMARTS) is 1. The van der Waals surface area contributed by atoms with Crippen LogP contribution in [0.1, 0.15) is 30.4 Å². The third kappa shape index (κ3) is 4.23.